The molecule has 2 rings (SSSR count). The summed E-state index contributed by atoms with van der Waals surface area (Å²) in [4.78, 5) is 37.5. The number of carbonyl (C=O) groups excluding carboxylic acids is 1. The normalized spacial score (nSPS) is 12.9. The number of hydrogen-bond donors (Lipinski definition) is 2. The van der Waals surface area contributed by atoms with Gasteiger partial charge in [-0.25, -0.2) is 4.79 Å². The molecule has 0 saturated carbocycles. The Labute approximate surface area is 159 Å². The minimum absolute atomic E-state index is 0.0758. The summed E-state index contributed by atoms with van der Waals surface area (Å²) in [5, 5.41) is 8.70. The van der Waals surface area contributed by atoms with Crippen LogP contribution in [-0.2, 0) is 9.59 Å². The van der Waals surface area contributed by atoms with Gasteiger partial charge < -0.3 is 19.6 Å². The average molecular weight is 391 g/mol. The Morgan fingerprint density at radius 1 is 1.26 bits per heavy atom. The molecule has 0 aliphatic carbocycles. The number of Topliss-reactive ketones (excluding diaryl/α,β-unsaturated/α-hetero) is 1. The fourth-order valence-electron chi connectivity index (χ4n) is 2.04. The number of aromatic nitrogens is 1. The predicted octanol–water partition coefficient (Wildman–Crippen LogP) is 1.13. The van der Waals surface area contributed by atoms with E-state index in [-0.39, 0.29) is 11.3 Å². The van der Waals surface area contributed by atoms with Crippen LogP contribution in [0.25, 0.3) is 12.2 Å². The molecule has 1 aromatic carbocycles. The minimum Gasteiger partial charge on any atom is -0.493 e. The number of carboxylic acids is 1. The van der Waals surface area contributed by atoms with Crippen LogP contribution < -0.4 is 24.2 Å². The molecule has 0 atom stereocenters. The molecule has 0 amide bonds. The van der Waals surface area contributed by atoms with E-state index in [2.05, 4.69) is 4.98 Å². The van der Waals surface area contributed by atoms with Crippen LogP contribution in [0.4, 0.5) is 0 Å². The maximum absolute atomic E-state index is 12.1. The zero-order chi connectivity index (χ0) is 20.2. The second-order valence-electron chi connectivity index (χ2n) is 6.78. The molecule has 7 nitrogen and oxygen atoms in total. The summed E-state index contributed by atoms with van der Waals surface area (Å²) in [6, 6.07) is 4.90. The Hall–Kier alpha value is -2.87. The predicted molar refractivity (Wildman–Crippen MR) is 103 cm³/mol. The van der Waals surface area contributed by atoms with Crippen LogP contribution in [-0.4, -0.2) is 35.6 Å². The molecule has 0 unspecified atom stereocenters. The maximum atomic E-state index is 12.1. The number of ketones is 1. The van der Waals surface area contributed by atoms with E-state index in [1.54, 1.807) is 24.3 Å². The summed E-state index contributed by atoms with van der Waals surface area (Å²) in [7, 11) is 1.44. The fraction of sp³-hybridized carbons (Fsp3) is 0.316. The number of thiazole rings is 1. The third-order valence-corrected chi connectivity index (χ3v) is 4.48. The third-order valence-electron chi connectivity index (χ3n) is 3.52. The molecule has 144 valence electrons. The number of carboxylic acid groups (broad SMARTS) is 1. The van der Waals surface area contributed by atoms with E-state index in [1.807, 2.05) is 20.8 Å². The van der Waals surface area contributed by atoms with E-state index in [4.69, 9.17) is 14.6 Å². The lowest BCUT2D eigenvalue weighted by Crippen LogP contribution is -2.22. The van der Waals surface area contributed by atoms with Gasteiger partial charge in [-0.15, -0.1) is 11.3 Å². The lowest BCUT2D eigenvalue weighted by Gasteiger charge is -2.12. The molecule has 2 N–H and O–H groups in total. The third kappa shape index (κ3) is 5.55. The van der Waals surface area contributed by atoms with Crippen molar-refractivity contribution in [1.82, 2.24) is 4.98 Å². The van der Waals surface area contributed by atoms with Crippen molar-refractivity contribution >= 4 is 35.2 Å². The molecule has 27 heavy (non-hydrogen) atoms. The maximum Gasteiger partial charge on any atom is 0.341 e. The SMILES string of the molecule is COc1cc(/C=c2\s/c(=C\C(=O)C(C)(C)C)[nH]c2=O)ccc1OCC(=O)O. The van der Waals surface area contributed by atoms with Gasteiger partial charge in [-0.3, -0.25) is 9.59 Å². The lowest BCUT2D eigenvalue weighted by atomic mass is 9.91. The van der Waals surface area contributed by atoms with Crippen LogP contribution in [0.2, 0.25) is 0 Å². The number of methoxy groups -OCH3 is 1. The second-order valence-corrected chi connectivity index (χ2v) is 7.86. The minimum atomic E-state index is -1.09. The van der Waals surface area contributed by atoms with Crippen molar-refractivity contribution in [2.45, 2.75) is 20.8 Å². The highest BCUT2D eigenvalue weighted by atomic mass is 32.1. The largest absolute Gasteiger partial charge is 0.493 e. The Balaban J connectivity index is 2.39. The van der Waals surface area contributed by atoms with Crippen LogP contribution in [0.1, 0.15) is 26.3 Å². The number of hydrogen-bond acceptors (Lipinski definition) is 6. The monoisotopic (exact) mass is 391 g/mol. The van der Waals surface area contributed by atoms with Gasteiger partial charge in [-0.2, -0.15) is 0 Å². The van der Waals surface area contributed by atoms with Gasteiger partial charge in [0, 0.05) is 11.5 Å². The van der Waals surface area contributed by atoms with Crippen molar-refractivity contribution in [3.05, 3.63) is 43.3 Å². The molecule has 0 bridgehead atoms. The summed E-state index contributed by atoms with van der Waals surface area (Å²) in [5.41, 5.74) is -0.141. The van der Waals surface area contributed by atoms with Gasteiger partial charge >= 0.3 is 5.97 Å². The molecule has 1 heterocycles. The van der Waals surface area contributed by atoms with Crippen molar-refractivity contribution in [1.29, 1.82) is 0 Å². The van der Waals surface area contributed by atoms with Gasteiger partial charge in [0.2, 0.25) is 0 Å². The first-order chi connectivity index (χ1) is 12.6. The van der Waals surface area contributed by atoms with Crippen LogP contribution in [0.5, 0.6) is 11.5 Å². The number of H-pyrrole nitrogens is 1. The van der Waals surface area contributed by atoms with Gasteiger partial charge in [0.15, 0.2) is 23.9 Å². The summed E-state index contributed by atoms with van der Waals surface area (Å²) in [6.45, 7) is 4.95. The molecule has 0 saturated heterocycles. The van der Waals surface area contributed by atoms with Crippen molar-refractivity contribution < 1.29 is 24.2 Å². The van der Waals surface area contributed by atoms with E-state index < -0.39 is 18.0 Å². The van der Waals surface area contributed by atoms with Crippen LogP contribution >= 0.6 is 11.3 Å². The average Bonchev–Trinajstić information content (AvgIpc) is 2.91. The summed E-state index contributed by atoms with van der Waals surface area (Å²) >= 11 is 1.18. The molecule has 8 heteroatoms. The quantitative estimate of drug-likeness (QED) is 0.765. The summed E-state index contributed by atoms with van der Waals surface area (Å²) in [5.74, 6) is -0.519. The zero-order valence-corrected chi connectivity index (χ0v) is 16.3. The molecule has 1 aromatic heterocycles. The summed E-state index contributed by atoms with van der Waals surface area (Å²) in [6.07, 6.45) is 3.10. The Bertz CT molecular complexity index is 1030. The van der Waals surface area contributed by atoms with Gasteiger partial charge in [-0.1, -0.05) is 26.8 Å². The molecule has 0 aliphatic rings. The highest BCUT2D eigenvalue weighted by molar-refractivity contribution is 7.07. The Morgan fingerprint density at radius 2 is 1.96 bits per heavy atom. The topological polar surface area (TPSA) is 106 Å². The first-order valence-corrected chi connectivity index (χ1v) is 8.91. The first-order valence-electron chi connectivity index (χ1n) is 8.10. The van der Waals surface area contributed by atoms with Crippen molar-refractivity contribution in [3.63, 3.8) is 0 Å². The number of benzene rings is 1. The molecular formula is C19H21NO6S. The second kappa shape index (κ2) is 8.22. The van der Waals surface area contributed by atoms with Crippen molar-refractivity contribution in [2.75, 3.05) is 13.7 Å². The molecule has 2 aromatic rings. The number of nitrogens with one attached hydrogen (secondary N) is 1. The highest BCUT2D eigenvalue weighted by Crippen LogP contribution is 2.28. The molecule has 0 spiro atoms. The van der Waals surface area contributed by atoms with Crippen LogP contribution in [0, 0.1) is 5.41 Å². The number of rotatable bonds is 6. The molecule has 0 aliphatic heterocycles. The first kappa shape index (κ1) is 20.4. The Kier molecular flexibility index (Phi) is 6.22. The van der Waals surface area contributed by atoms with Gasteiger partial charge in [-0.05, 0) is 23.8 Å². The Morgan fingerprint density at radius 3 is 2.56 bits per heavy atom. The van der Waals surface area contributed by atoms with Crippen molar-refractivity contribution in [2.24, 2.45) is 5.41 Å². The standard InChI is InChI=1S/C19H21NO6S/c1-19(2,3)15(21)9-16-20-18(24)14(27-16)8-11-5-6-12(13(7-11)25-4)26-10-17(22)23/h5-9H,10H2,1-4H3,(H,20,24)(H,22,23)/b14-8-,16-9-. The number of ether oxygens (including phenoxy) is 2. The van der Waals surface area contributed by atoms with E-state index in [9.17, 15) is 14.4 Å². The summed E-state index contributed by atoms with van der Waals surface area (Å²) < 4.78 is 11.3. The van der Waals surface area contributed by atoms with E-state index >= 15 is 0 Å². The van der Waals surface area contributed by atoms with E-state index in [0.29, 0.717) is 26.3 Å². The van der Waals surface area contributed by atoms with Crippen molar-refractivity contribution in [3.8, 4) is 11.5 Å². The molecule has 0 radical (unpaired) electrons. The highest BCUT2D eigenvalue weighted by Gasteiger charge is 2.18. The van der Waals surface area contributed by atoms with Gasteiger partial charge in [0.05, 0.1) is 16.3 Å². The fourth-order valence-corrected chi connectivity index (χ4v) is 2.93. The lowest BCUT2D eigenvalue weighted by molar-refractivity contribution is -0.139. The van der Waals surface area contributed by atoms with Crippen LogP contribution in [0.3, 0.4) is 0 Å². The van der Waals surface area contributed by atoms with Gasteiger partial charge in [0.25, 0.3) is 5.56 Å². The number of carbonyl (C=O) groups is 2. The van der Waals surface area contributed by atoms with E-state index in [1.165, 1.54) is 24.5 Å². The van der Waals surface area contributed by atoms with E-state index in [0.717, 1.165) is 0 Å². The van der Waals surface area contributed by atoms with Crippen LogP contribution in [0.15, 0.2) is 23.0 Å². The number of aromatic amines is 1. The molecule has 0 fully saturated rings. The molecular weight excluding hydrogens is 370 g/mol. The number of aliphatic carboxylic acids is 1. The van der Waals surface area contributed by atoms with Gasteiger partial charge in [0.1, 0.15) is 0 Å². The zero-order valence-electron chi connectivity index (χ0n) is 15.5. The smallest absolute Gasteiger partial charge is 0.341 e.